The lowest BCUT2D eigenvalue weighted by Gasteiger charge is -2.27. The molecule has 6 heteroatoms. The Hall–Kier alpha value is -1.53. The Balaban J connectivity index is 1.48. The summed E-state index contributed by atoms with van der Waals surface area (Å²) < 4.78 is 0. The van der Waals surface area contributed by atoms with Gasteiger partial charge in [0.25, 0.3) is 0 Å². The van der Waals surface area contributed by atoms with E-state index >= 15 is 0 Å². The molecular weight excluding hydrogens is 286 g/mol. The molecule has 1 atom stereocenters. The number of carbonyl (C=O) groups is 2. The highest BCUT2D eigenvalue weighted by Crippen LogP contribution is 2.36. The molecule has 1 aromatic carbocycles. The van der Waals surface area contributed by atoms with Crippen LogP contribution in [0.3, 0.4) is 0 Å². The van der Waals surface area contributed by atoms with Gasteiger partial charge in [-0.3, -0.25) is 9.59 Å². The number of thioether (sulfide) groups is 1. The first kappa shape index (κ1) is 14.4. The third kappa shape index (κ3) is 3.39. The maximum Gasteiger partial charge on any atom is 0.242 e. The van der Waals surface area contributed by atoms with Crippen molar-refractivity contribution in [3.8, 4) is 0 Å². The lowest BCUT2D eigenvalue weighted by molar-refractivity contribution is -0.133. The Bertz CT molecular complexity index is 518. The molecule has 2 N–H and O–H groups in total. The number of hydrogen-bond donors (Lipinski definition) is 2. The van der Waals surface area contributed by atoms with Gasteiger partial charge in [0.2, 0.25) is 11.8 Å². The molecule has 2 amide bonds. The van der Waals surface area contributed by atoms with E-state index in [1.807, 2.05) is 18.2 Å². The Morgan fingerprint density at radius 1 is 1.29 bits per heavy atom. The van der Waals surface area contributed by atoms with Crippen LogP contribution in [0.1, 0.15) is 5.56 Å². The number of nitrogens with one attached hydrogen (secondary N) is 2. The van der Waals surface area contributed by atoms with Crippen molar-refractivity contribution < 1.29 is 9.59 Å². The summed E-state index contributed by atoms with van der Waals surface area (Å²) in [5.74, 6) is -0.0370. The number of amides is 2. The minimum absolute atomic E-state index is 0.00496. The second-order valence-electron chi connectivity index (χ2n) is 5.27. The molecule has 2 aliphatic heterocycles. The average Bonchev–Trinajstić information content (AvgIpc) is 2.97. The molecule has 1 unspecified atom stereocenters. The summed E-state index contributed by atoms with van der Waals surface area (Å²) in [4.78, 5) is 27.2. The van der Waals surface area contributed by atoms with E-state index in [1.54, 1.807) is 16.7 Å². The van der Waals surface area contributed by atoms with Gasteiger partial charge in [0.1, 0.15) is 0 Å². The van der Waals surface area contributed by atoms with Gasteiger partial charge in [0.15, 0.2) is 0 Å². The van der Waals surface area contributed by atoms with E-state index in [1.165, 1.54) is 10.5 Å². The van der Waals surface area contributed by atoms with Gasteiger partial charge < -0.3 is 15.5 Å². The SMILES string of the molecule is O=C(NCC(=O)N1CCNCC1)C1Cc2ccccc2S1. The predicted octanol–water partition coefficient (Wildman–Crippen LogP) is 0.251. The molecule has 5 nitrogen and oxygen atoms in total. The zero-order chi connectivity index (χ0) is 14.7. The van der Waals surface area contributed by atoms with Gasteiger partial charge in [-0.05, 0) is 18.1 Å². The molecule has 1 aromatic rings. The molecule has 0 aliphatic carbocycles. The van der Waals surface area contributed by atoms with E-state index in [2.05, 4.69) is 16.7 Å². The van der Waals surface area contributed by atoms with Crippen LogP contribution in [0.25, 0.3) is 0 Å². The lowest BCUT2D eigenvalue weighted by Crippen LogP contribution is -2.50. The first-order chi connectivity index (χ1) is 10.2. The maximum absolute atomic E-state index is 12.2. The molecular formula is C15H19N3O2S. The highest BCUT2D eigenvalue weighted by atomic mass is 32.2. The largest absolute Gasteiger partial charge is 0.346 e. The fraction of sp³-hybridized carbons (Fsp3) is 0.467. The molecule has 1 fully saturated rings. The number of benzene rings is 1. The van der Waals surface area contributed by atoms with E-state index < -0.39 is 0 Å². The average molecular weight is 305 g/mol. The Morgan fingerprint density at radius 3 is 2.81 bits per heavy atom. The first-order valence-corrected chi connectivity index (χ1v) is 8.13. The minimum Gasteiger partial charge on any atom is -0.346 e. The van der Waals surface area contributed by atoms with Gasteiger partial charge >= 0.3 is 0 Å². The Labute approximate surface area is 128 Å². The number of carbonyl (C=O) groups excluding carboxylic acids is 2. The monoisotopic (exact) mass is 305 g/mol. The topological polar surface area (TPSA) is 61.4 Å². The Kier molecular flexibility index (Phi) is 4.45. The number of piperazine rings is 1. The van der Waals surface area contributed by atoms with Gasteiger partial charge in [0, 0.05) is 31.1 Å². The predicted molar refractivity (Wildman–Crippen MR) is 82.3 cm³/mol. The number of rotatable bonds is 3. The number of hydrogen-bond acceptors (Lipinski definition) is 4. The standard InChI is InChI=1S/C15H19N3O2S/c19-14(18-7-5-16-6-8-18)10-17-15(20)13-9-11-3-1-2-4-12(11)21-13/h1-4,13,16H,5-10H2,(H,17,20). The van der Waals surface area contributed by atoms with E-state index in [9.17, 15) is 9.59 Å². The van der Waals surface area contributed by atoms with Gasteiger partial charge in [-0.15, -0.1) is 11.8 Å². The van der Waals surface area contributed by atoms with E-state index in [0.29, 0.717) is 0 Å². The fourth-order valence-electron chi connectivity index (χ4n) is 2.63. The summed E-state index contributed by atoms with van der Waals surface area (Å²) in [5, 5.41) is 5.88. The second kappa shape index (κ2) is 6.49. The van der Waals surface area contributed by atoms with Gasteiger partial charge in [-0.2, -0.15) is 0 Å². The minimum atomic E-state index is -0.113. The smallest absolute Gasteiger partial charge is 0.242 e. The zero-order valence-electron chi connectivity index (χ0n) is 11.8. The first-order valence-electron chi connectivity index (χ1n) is 7.25. The molecule has 0 bridgehead atoms. The van der Waals surface area contributed by atoms with Crippen LogP contribution < -0.4 is 10.6 Å². The number of nitrogens with zero attached hydrogens (tertiary/aromatic N) is 1. The van der Waals surface area contributed by atoms with E-state index in [0.717, 1.165) is 32.6 Å². The van der Waals surface area contributed by atoms with Crippen molar-refractivity contribution >= 4 is 23.6 Å². The van der Waals surface area contributed by atoms with Crippen molar-refractivity contribution in [3.63, 3.8) is 0 Å². The quantitative estimate of drug-likeness (QED) is 0.840. The molecule has 2 aliphatic rings. The Morgan fingerprint density at radius 2 is 2.05 bits per heavy atom. The highest BCUT2D eigenvalue weighted by molar-refractivity contribution is 8.01. The molecule has 0 radical (unpaired) electrons. The van der Waals surface area contributed by atoms with Crippen molar-refractivity contribution in [2.45, 2.75) is 16.6 Å². The summed E-state index contributed by atoms with van der Waals surface area (Å²) in [6.45, 7) is 3.20. The molecule has 0 aromatic heterocycles. The highest BCUT2D eigenvalue weighted by Gasteiger charge is 2.28. The van der Waals surface area contributed by atoms with Crippen LogP contribution in [0.2, 0.25) is 0 Å². The van der Waals surface area contributed by atoms with Crippen LogP contribution in [-0.2, 0) is 16.0 Å². The van der Waals surface area contributed by atoms with E-state index in [-0.39, 0.29) is 23.6 Å². The lowest BCUT2D eigenvalue weighted by atomic mass is 10.1. The molecule has 1 saturated heterocycles. The molecule has 0 spiro atoms. The summed E-state index contributed by atoms with van der Waals surface area (Å²) in [6, 6.07) is 8.08. The molecule has 21 heavy (non-hydrogen) atoms. The third-order valence-corrected chi connectivity index (χ3v) is 5.14. The summed E-state index contributed by atoms with van der Waals surface area (Å²) >= 11 is 1.58. The fourth-order valence-corrected chi connectivity index (χ4v) is 3.85. The normalized spacial score (nSPS) is 21.0. The summed E-state index contributed by atoms with van der Waals surface area (Å²) in [7, 11) is 0. The third-order valence-electron chi connectivity index (χ3n) is 3.82. The van der Waals surface area contributed by atoms with Crippen LogP contribution in [0.5, 0.6) is 0 Å². The maximum atomic E-state index is 12.2. The molecule has 3 rings (SSSR count). The van der Waals surface area contributed by atoms with Gasteiger partial charge in [-0.25, -0.2) is 0 Å². The summed E-state index contributed by atoms with van der Waals surface area (Å²) in [6.07, 6.45) is 0.745. The molecule has 2 heterocycles. The molecule has 112 valence electrons. The zero-order valence-corrected chi connectivity index (χ0v) is 12.6. The van der Waals surface area contributed by atoms with E-state index in [4.69, 9.17) is 0 Å². The van der Waals surface area contributed by atoms with Crippen molar-refractivity contribution in [3.05, 3.63) is 29.8 Å². The van der Waals surface area contributed by atoms with Crippen molar-refractivity contribution in [1.82, 2.24) is 15.5 Å². The molecule has 0 saturated carbocycles. The van der Waals surface area contributed by atoms with Gasteiger partial charge in [-0.1, -0.05) is 18.2 Å². The van der Waals surface area contributed by atoms with Crippen molar-refractivity contribution in [2.75, 3.05) is 32.7 Å². The van der Waals surface area contributed by atoms with Crippen molar-refractivity contribution in [1.29, 1.82) is 0 Å². The van der Waals surface area contributed by atoms with Crippen LogP contribution in [-0.4, -0.2) is 54.7 Å². The number of fused-ring (bicyclic) bond motifs is 1. The summed E-state index contributed by atoms with van der Waals surface area (Å²) in [5.41, 5.74) is 1.22. The van der Waals surface area contributed by atoms with Gasteiger partial charge in [0.05, 0.1) is 11.8 Å². The van der Waals surface area contributed by atoms with Crippen molar-refractivity contribution in [2.24, 2.45) is 0 Å². The second-order valence-corrected chi connectivity index (χ2v) is 6.51. The van der Waals surface area contributed by atoms with Crippen LogP contribution >= 0.6 is 11.8 Å². The van der Waals surface area contributed by atoms with Crippen LogP contribution in [0.4, 0.5) is 0 Å². The van der Waals surface area contributed by atoms with Crippen LogP contribution in [0.15, 0.2) is 29.2 Å². The van der Waals surface area contributed by atoms with Crippen LogP contribution in [0, 0.1) is 0 Å².